The predicted molar refractivity (Wildman–Crippen MR) is 86.2 cm³/mol. The van der Waals surface area contributed by atoms with Crippen molar-refractivity contribution in [2.45, 2.75) is 0 Å². The first-order valence-electron chi connectivity index (χ1n) is 7.07. The van der Waals surface area contributed by atoms with Crippen LogP contribution in [0, 0.1) is 5.82 Å². The van der Waals surface area contributed by atoms with Gasteiger partial charge >= 0.3 is 0 Å². The molecular weight excluding hydrogens is 295 g/mol. The first kappa shape index (κ1) is 15.1. The molecule has 0 aliphatic heterocycles. The summed E-state index contributed by atoms with van der Waals surface area (Å²) in [4.78, 5) is 21.4. The molecule has 0 spiro atoms. The zero-order valence-corrected chi connectivity index (χ0v) is 12.8. The average molecular weight is 310 g/mol. The van der Waals surface area contributed by atoms with Gasteiger partial charge in [-0.15, -0.1) is 0 Å². The third-order valence-corrected chi connectivity index (χ3v) is 3.68. The highest BCUT2D eigenvalue weighted by atomic mass is 19.1. The lowest BCUT2D eigenvalue weighted by Gasteiger charge is -2.14. The van der Waals surface area contributed by atoms with Gasteiger partial charge in [0.1, 0.15) is 5.82 Å². The molecule has 0 N–H and O–H groups in total. The fraction of sp³-hybridized carbons (Fsp3) is 0.111. The van der Waals surface area contributed by atoms with Crippen LogP contribution in [0.1, 0.15) is 10.4 Å². The number of carbonyl (C=O) groups excluding carboxylic acids is 1. The van der Waals surface area contributed by atoms with Crippen LogP contribution in [0.5, 0.6) is 0 Å². The van der Waals surface area contributed by atoms with Gasteiger partial charge in [-0.05, 0) is 29.8 Å². The number of halogens is 1. The largest absolute Gasteiger partial charge is 0.280 e. The summed E-state index contributed by atoms with van der Waals surface area (Å²) in [5.74, 6) is -1.13. The van der Waals surface area contributed by atoms with E-state index in [0.29, 0.717) is 0 Å². The van der Waals surface area contributed by atoms with Crippen LogP contribution in [0.2, 0.25) is 0 Å². The molecule has 116 valence electrons. The summed E-state index contributed by atoms with van der Waals surface area (Å²) >= 11 is 0. The molecule has 1 amide bonds. The van der Waals surface area contributed by atoms with Gasteiger partial charge in [0.2, 0.25) is 0 Å². The van der Waals surface area contributed by atoms with Crippen molar-refractivity contribution in [3.05, 3.63) is 66.1 Å². The highest BCUT2D eigenvalue weighted by Crippen LogP contribution is 2.25. The summed E-state index contributed by atoms with van der Waals surface area (Å²) < 4.78 is 14.0. The van der Waals surface area contributed by atoms with Crippen LogP contribution in [0.4, 0.5) is 4.39 Å². The number of hydrogen-bond donors (Lipinski definition) is 0. The van der Waals surface area contributed by atoms with Crippen LogP contribution in [0.25, 0.3) is 22.0 Å². The molecule has 2 aromatic carbocycles. The van der Waals surface area contributed by atoms with E-state index in [2.05, 4.69) is 4.98 Å². The Kier molecular flexibility index (Phi) is 4.04. The maximum Gasteiger partial charge on any atom is 0.280 e. The van der Waals surface area contributed by atoms with Gasteiger partial charge in [-0.3, -0.25) is 14.6 Å². The van der Waals surface area contributed by atoms with E-state index in [1.807, 2.05) is 30.3 Å². The van der Waals surface area contributed by atoms with Crippen LogP contribution >= 0.6 is 0 Å². The Morgan fingerprint density at radius 1 is 1.13 bits per heavy atom. The lowest BCUT2D eigenvalue weighted by molar-refractivity contribution is -0.0759. The van der Waals surface area contributed by atoms with E-state index >= 15 is 0 Å². The molecule has 1 aromatic heterocycles. The van der Waals surface area contributed by atoms with E-state index in [4.69, 9.17) is 4.84 Å². The molecule has 0 bridgehead atoms. The number of aromatic nitrogens is 1. The third-order valence-electron chi connectivity index (χ3n) is 3.68. The minimum Gasteiger partial charge on any atom is -0.274 e. The minimum atomic E-state index is -0.587. The number of fused-ring (bicyclic) bond motifs is 1. The molecule has 23 heavy (non-hydrogen) atoms. The van der Waals surface area contributed by atoms with Gasteiger partial charge in [-0.1, -0.05) is 24.3 Å². The number of rotatable bonds is 3. The summed E-state index contributed by atoms with van der Waals surface area (Å²) in [6, 6.07) is 14.1. The van der Waals surface area contributed by atoms with E-state index in [9.17, 15) is 9.18 Å². The molecule has 5 heteroatoms. The summed E-state index contributed by atoms with van der Waals surface area (Å²) in [7, 11) is 2.79. The van der Waals surface area contributed by atoms with Crippen LogP contribution in [-0.2, 0) is 4.84 Å². The van der Waals surface area contributed by atoms with Crippen molar-refractivity contribution >= 4 is 16.8 Å². The van der Waals surface area contributed by atoms with Crippen molar-refractivity contribution in [1.82, 2.24) is 10.0 Å². The van der Waals surface area contributed by atoms with Crippen molar-refractivity contribution in [2.75, 3.05) is 14.2 Å². The van der Waals surface area contributed by atoms with Crippen LogP contribution in [-0.4, -0.2) is 30.1 Å². The summed E-state index contributed by atoms with van der Waals surface area (Å²) in [5, 5.41) is 1.97. The Hall–Kier alpha value is -2.79. The molecule has 1 heterocycles. The van der Waals surface area contributed by atoms with E-state index in [0.717, 1.165) is 27.1 Å². The van der Waals surface area contributed by atoms with Gasteiger partial charge in [-0.25, -0.2) is 9.45 Å². The van der Waals surface area contributed by atoms with Gasteiger partial charge in [0.15, 0.2) is 0 Å². The van der Waals surface area contributed by atoms with Gasteiger partial charge in [0.05, 0.1) is 18.2 Å². The topological polar surface area (TPSA) is 42.4 Å². The molecule has 0 fully saturated rings. The summed E-state index contributed by atoms with van der Waals surface area (Å²) in [6.45, 7) is 0. The molecule has 0 saturated heterocycles. The molecule has 0 radical (unpaired) electrons. The highest BCUT2D eigenvalue weighted by Gasteiger charge is 2.17. The minimum absolute atomic E-state index is 0.0417. The number of hydrogen-bond acceptors (Lipinski definition) is 3. The van der Waals surface area contributed by atoms with Crippen LogP contribution in [0.15, 0.2) is 54.7 Å². The molecule has 4 nitrogen and oxygen atoms in total. The number of para-hydroxylation sites is 1. The maximum absolute atomic E-state index is 14.0. The van der Waals surface area contributed by atoms with Crippen molar-refractivity contribution in [1.29, 1.82) is 0 Å². The zero-order valence-electron chi connectivity index (χ0n) is 12.8. The second kappa shape index (κ2) is 6.14. The number of benzene rings is 2. The third kappa shape index (κ3) is 2.91. The van der Waals surface area contributed by atoms with E-state index in [-0.39, 0.29) is 5.56 Å². The SMILES string of the molecule is CON(C)C(=O)c1cc(-c2cnc3ccccc3c2)ccc1F. The van der Waals surface area contributed by atoms with E-state index in [1.165, 1.54) is 26.3 Å². The van der Waals surface area contributed by atoms with Crippen molar-refractivity contribution in [3.63, 3.8) is 0 Å². The second-order valence-corrected chi connectivity index (χ2v) is 5.10. The van der Waals surface area contributed by atoms with Gasteiger partial charge in [0.25, 0.3) is 5.91 Å². The first-order valence-corrected chi connectivity index (χ1v) is 7.07. The molecular formula is C18H15FN2O2. The number of hydroxylamine groups is 2. The van der Waals surface area contributed by atoms with Crippen LogP contribution < -0.4 is 0 Å². The molecule has 3 aromatic rings. The number of carbonyl (C=O) groups is 1. The van der Waals surface area contributed by atoms with Gasteiger partial charge in [0, 0.05) is 24.2 Å². The Balaban J connectivity index is 2.07. The fourth-order valence-corrected chi connectivity index (χ4v) is 2.35. The lowest BCUT2D eigenvalue weighted by atomic mass is 10.0. The number of nitrogens with zero attached hydrogens (tertiary/aromatic N) is 2. The normalized spacial score (nSPS) is 10.7. The second-order valence-electron chi connectivity index (χ2n) is 5.10. The van der Waals surface area contributed by atoms with E-state index in [1.54, 1.807) is 12.3 Å². The standard InChI is InChI=1S/C18H15FN2O2/c1-21(23-2)18(22)15-10-12(7-8-16(15)19)14-9-13-5-3-4-6-17(13)20-11-14/h3-11H,1-2H3. The van der Waals surface area contributed by atoms with Crippen molar-refractivity contribution < 1.29 is 14.0 Å². The monoisotopic (exact) mass is 310 g/mol. The summed E-state index contributed by atoms with van der Waals surface area (Å²) in [5.41, 5.74) is 2.38. The molecule has 0 unspecified atom stereocenters. The predicted octanol–water partition coefficient (Wildman–Crippen LogP) is 3.67. The molecule has 3 rings (SSSR count). The smallest absolute Gasteiger partial charge is 0.274 e. The molecule has 0 aliphatic rings. The van der Waals surface area contributed by atoms with Gasteiger partial charge < -0.3 is 0 Å². The number of pyridine rings is 1. The Morgan fingerprint density at radius 3 is 2.70 bits per heavy atom. The van der Waals surface area contributed by atoms with Crippen molar-refractivity contribution in [3.8, 4) is 11.1 Å². The molecule has 0 atom stereocenters. The lowest BCUT2D eigenvalue weighted by Crippen LogP contribution is -2.26. The summed E-state index contributed by atoms with van der Waals surface area (Å²) in [6.07, 6.45) is 1.71. The average Bonchev–Trinajstić information content (AvgIpc) is 2.60. The quantitative estimate of drug-likeness (QED) is 0.693. The first-order chi connectivity index (χ1) is 11.1. The zero-order chi connectivity index (χ0) is 16.4. The Morgan fingerprint density at radius 2 is 1.91 bits per heavy atom. The van der Waals surface area contributed by atoms with Crippen LogP contribution in [0.3, 0.4) is 0 Å². The highest BCUT2D eigenvalue weighted by molar-refractivity contribution is 5.95. The Bertz CT molecular complexity index is 880. The fourth-order valence-electron chi connectivity index (χ4n) is 2.35. The number of amides is 1. The van der Waals surface area contributed by atoms with Gasteiger partial charge in [-0.2, -0.15) is 0 Å². The molecule has 0 saturated carbocycles. The Labute approximate surface area is 133 Å². The van der Waals surface area contributed by atoms with Crippen molar-refractivity contribution in [2.24, 2.45) is 0 Å². The van der Waals surface area contributed by atoms with E-state index < -0.39 is 11.7 Å². The molecule has 0 aliphatic carbocycles. The maximum atomic E-state index is 14.0.